The summed E-state index contributed by atoms with van der Waals surface area (Å²) in [5.74, 6) is -1.24. The fraction of sp³-hybridized carbons (Fsp3) is 0.833. The first-order chi connectivity index (χ1) is 8.38. The summed E-state index contributed by atoms with van der Waals surface area (Å²) in [7, 11) is 3.77. The molecule has 0 fully saturated rings. The van der Waals surface area contributed by atoms with E-state index in [1.54, 1.807) is 13.8 Å². The lowest BCUT2D eigenvalue weighted by Crippen LogP contribution is -2.27. The quantitative estimate of drug-likeness (QED) is 0.495. The van der Waals surface area contributed by atoms with Crippen molar-refractivity contribution in [3.05, 3.63) is 0 Å². The Hall–Kier alpha value is -0.810. The van der Waals surface area contributed by atoms with E-state index < -0.39 is 17.3 Å². The fourth-order valence-electron chi connectivity index (χ4n) is 1.21. The Balaban J connectivity index is 3.96. The highest BCUT2D eigenvalue weighted by atomic mass is 35.5. The molecule has 18 heavy (non-hydrogen) atoms. The molecule has 0 aliphatic rings. The highest BCUT2D eigenvalue weighted by Crippen LogP contribution is 2.14. The molecule has 2 atom stereocenters. The minimum atomic E-state index is -0.813. The van der Waals surface area contributed by atoms with Crippen LogP contribution in [-0.2, 0) is 19.1 Å². The van der Waals surface area contributed by atoms with E-state index in [4.69, 9.17) is 21.1 Å². The number of carbonyl (C=O) groups is 2. The van der Waals surface area contributed by atoms with Gasteiger partial charge in [0.15, 0.2) is 0 Å². The van der Waals surface area contributed by atoms with Crippen molar-refractivity contribution in [2.75, 3.05) is 33.9 Å². The van der Waals surface area contributed by atoms with Gasteiger partial charge in [0.25, 0.3) is 0 Å². The van der Waals surface area contributed by atoms with Crippen LogP contribution in [0.3, 0.4) is 0 Å². The molecule has 0 aliphatic heterocycles. The van der Waals surface area contributed by atoms with Crippen LogP contribution in [0.25, 0.3) is 0 Å². The lowest BCUT2D eigenvalue weighted by atomic mass is 10.1. The second-order valence-electron chi connectivity index (χ2n) is 4.33. The van der Waals surface area contributed by atoms with Gasteiger partial charge in [-0.1, -0.05) is 6.92 Å². The minimum Gasteiger partial charge on any atom is -0.466 e. The standard InChI is InChI=1S/C12H22ClNO4/c1-5-17-11(15)9(2)8-10(13)12(16)18-7-6-14(3)4/h9-10H,5-8H2,1-4H3. The molecular formula is C12H22ClNO4. The number of rotatable bonds is 8. The molecular weight excluding hydrogens is 258 g/mol. The van der Waals surface area contributed by atoms with E-state index in [2.05, 4.69) is 0 Å². The van der Waals surface area contributed by atoms with Gasteiger partial charge in [0.1, 0.15) is 12.0 Å². The van der Waals surface area contributed by atoms with Crippen molar-refractivity contribution in [1.29, 1.82) is 0 Å². The van der Waals surface area contributed by atoms with Crippen LogP contribution in [0, 0.1) is 5.92 Å². The molecule has 0 bridgehead atoms. The Morgan fingerprint density at radius 2 is 1.83 bits per heavy atom. The minimum absolute atomic E-state index is 0.223. The second kappa shape index (κ2) is 9.16. The summed E-state index contributed by atoms with van der Waals surface area (Å²) in [5.41, 5.74) is 0. The molecule has 106 valence electrons. The van der Waals surface area contributed by atoms with E-state index in [9.17, 15) is 9.59 Å². The number of hydrogen-bond acceptors (Lipinski definition) is 5. The van der Waals surface area contributed by atoms with Crippen molar-refractivity contribution in [3.63, 3.8) is 0 Å². The fourth-order valence-corrected chi connectivity index (χ4v) is 1.54. The Morgan fingerprint density at radius 3 is 2.33 bits per heavy atom. The first-order valence-electron chi connectivity index (χ1n) is 6.00. The Morgan fingerprint density at radius 1 is 1.22 bits per heavy atom. The van der Waals surface area contributed by atoms with Gasteiger partial charge in [-0.25, -0.2) is 0 Å². The molecule has 2 unspecified atom stereocenters. The summed E-state index contributed by atoms with van der Waals surface area (Å²) in [4.78, 5) is 24.8. The summed E-state index contributed by atoms with van der Waals surface area (Å²) >= 11 is 5.89. The number of carbonyl (C=O) groups excluding carboxylic acids is 2. The van der Waals surface area contributed by atoms with Gasteiger partial charge >= 0.3 is 11.9 Å². The van der Waals surface area contributed by atoms with E-state index in [0.717, 1.165) is 0 Å². The van der Waals surface area contributed by atoms with Gasteiger partial charge in [-0.2, -0.15) is 0 Å². The summed E-state index contributed by atoms with van der Waals surface area (Å²) in [5, 5.41) is -0.813. The Bertz CT molecular complexity index is 271. The first kappa shape index (κ1) is 17.2. The number of likely N-dealkylation sites (N-methyl/N-ethyl adjacent to an activating group) is 1. The zero-order valence-electron chi connectivity index (χ0n) is 11.4. The highest BCUT2D eigenvalue weighted by Gasteiger charge is 2.24. The molecule has 0 N–H and O–H groups in total. The Labute approximate surface area is 113 Å². The van der Waals surface area contributed by atoms with Gasteiger partial charge in [0.2, 0.25) is 0 Å². The van der Waals surface area contributed by atoms with Crippen molar-refractivity contribution >= 4 is 23.5 Å². The average Bonchev–Trinajstić information content (AvgIpc) is 2.28. The van der Waals surface area contributed by atoms with Crippen LogP contribution in [0.1, 0.15) is 20.3 Å². The molecule has 0 saturated heterocycles. The van der Waals surface area contributed by atoms with Crippen LogP contribution in [0.2, 0.25) is 0 Å². The van der Waals surface area contributed by atoms with Gasteiger partial charge in [0.05, 0.1) is 12.5 Å². The van der Waals surface area contributed by atoms with Gasteiger partial charge in [-0.05, 0) is 27.4 Å². The molecule has 0 aromatic carbocycles. The SMILES string of the molecule is CCOC(=O)C(C)CC(Cl)C(=O)OCCN(C)C. The molecule has 0 amide bonds. The molecule has 0 heterocycles. The van der Waals surface area contributed by atoms with Gasteiger partial charge < -0.3 is 14.4 Å². The van der Waals surface area contributed by atoms with Gasteiger partial charge in [0, 0.05) is 6.54 Å². The molecule has 0 spiro atoms. The monoisotopic (exact) mass is 279 g/mol. The maximum absolute atomic E-state index is 11.5. The van der Waals surface area contributed by atoms with E-state index in [1.807, 2.05) is 19.0 Å². The van der Waals surface area contributed by atoms with Crippen LogP contribution in [-0.4, -0.2) is 56.1 Å². The number of nitrogens with zero attached hydrogens (tertiary/aromatic N) is 1. The van der Waals surface area contributed by atoms with Crippen LogP contribution in [0.15, 0.2) is 0 Å². The third-order valence-corrected chi connectivity index (χ3v) is 2.64. The van der Waals surface area contributed by atoms with E-state index >= 15 is 0 Å². The van der Waals surface area contributed by atoms with Crippen LogP contribution in [0.5, 0.6) is 0 Å². The van der Waals surface area contributed by atoms with Crippen LogP contribution >= 0.6 is 11.6 Å². The molecule has 6 heteroatoms. The van der Waals surface area contributed by atoms with Crippen molar-refractivity contribution in [2.45, 2.75) is 25.6 Å². The number of alkyl halides is 1. The third kappa shape index (κ3) is 7.50. The number of hydrogen-bond donors (Lipinski definition) is 0. The first-order valence-corrected chi connectivity index (χ1v) is 6.44. The van der Waals surface area contributed by atoms with Crippen LogP contribution < -0.4 is 0 Å². The van der Waals surface area contributed by atoms with E-state index in [0.29, 0.717) is 19.8 Å². The number of halogens is 1. The molecule has 5 nitrogen and oxygen atoms in total. The van der Waals surface area contributed by atoms with Gasteiger partial charge in [-0.3, -0.25) is 9.59 Å². The van der Waals surface area contributed by atoms with E-state index in [-0.39, 0.29) is 12.4 Å². The number of esters is 2. The highest BCUT2D eigenvalue weighted by molar-refractivity contribution is 6.30. The van der Waals surface area contributed by atoms with E-state index in [1.165, 1.54) is 0 Å². The Kier molecular flexibility index (Phi) is 8.75. The molecule has 0 aromatic rings. The zero-order valence-corrected chi connectivity index (χ0v) is 12.2. The normalized spacial score (nSPS) is 14.1. The number of ether oxygens (including phenoxy) is 2. The second-order valence-corrected chi connectivity index (χ2v) is 4.85. The molecule has 0 saturated carbocycles. The lowest BCUT2D eigenvalue weighted by molar-refractivity contribution is -0.148. The van der Waals surface area contributed by atoms with Crippen molar-refractivity contribution in [2.24, 2.45) is 5.92 Å². The third-order valence-electron chi connectivity index (χ3n) is 2.29. The predicted molar refractivity (Wildman–Crippen MR) is 69.6 cm³/mol. The summed E-state index contributed by atoms with van der Waals surface area (Å²) in [6, 6.07) is 0. The smallest absolute Gasteiger partial charge is 0.324 e. The topological polar surface area (TPSA) is 55.8 Å². The average molecular weight is 280 g/mol. The maximum atomic E-state index is 11.5. The zero-order chi connectivity index (χ0) is 14.1. The maximum Gasteiger partial charge on any atom is 0.324 e. The van der Waals surface area contributed by atoms with Crippen molar-refractivity contribution < 1.29 is 19.1 Å². The molecule has 0 aromatic heterocycles. The summed E-state index contributed by atoms with van der Waals surface area (Å²) < 4.78 is 9.83. The lowest BCUT2D eigenvalue weighted by Gasteiger charge is -2.15. The summed E-state index contributed by atoms with van der Waals surface area (Å²) in [6.45, 7) is 4.67. The van der Waals surface area contributed by atoms with Crippen molar-refractivity contribution in [1.82, 2.24) is 4.90 Å². The van der Waals surface area contributed by atoms with Crippen LogP contribution in [0.4, 0.5) is 0 Å². The molecule has 0 radical (unpaired) electrons. The van der Waals surface area contributed by atoms with Gasteiger partial charge in [-0.15, -0.1) is 11.6 Å². The molecule has 0 aliphatic carbocycles. The largest absolute Gasteiger partial charge is 0.466 e. The summed E-state index contributed by atoms with van der Waals surface area (Å²) in [6.07, 6.45) is 0.223. The molecule has 0 rings (SSSR count). The van der Waals surface area contributed by atoms with Crippen molar-refractivity contribution in [3.8, 4) is 0 Å². The predicted octanol–water partition coefficient (Wildman–Crippen LogP) is 1.29.